The van der Waals surface area contributed by atoms with Crippen molar-refractivity contribution in [1.82, 2.24) is 14.7 Å². The van der Waals surface area contributed by atoms with Crippen LogP contribution in [0.4, 0.5) is 10.5 Å². The number of amides is 2. The van der Waals surface area contributed by atoms with Crippen LogP contribution < -0.4 is 4.90 Å². The van der Waals surface area contributed by atoms with Crippen LogP contribution in [0, 0.1) is 0 Å². The maximum absolute atomic E-state index is 13.2. The summed E-state index contributed by atoms with van der Waals surface area (Å²) in [7, 11) is 0. The number of rotatable bonds is 5. The molecule has 0 radical (unpaired) electrons. The second-order valence-corrected chi connectivity index (χ2v) is 10.1. The van der Waals surface area contributed by atoms with E-state index in [0.29, 0.717) is 32.8 Å². The smallest absolute Gasteiger partial charge is 0.410 e. The molecule has 4 aliphatic heterocycles. The van der Waals surface area contributed by atoms with Crippen LogP contribution in [0.2, 0.25) is 0 Å². The van der Waals surface area contributed by atoms with E-state index in [1.807, 2.05) is 17.0 Å². The molecule has 0 aromatic heterocycles. The fraction of sp³-hybridized carbons (Fsp3) is 0.481. The van der Waals surface area contributed by atoms with Crippen LogP contribution in [0.5, 0.6) is 0 Å². The third kappa shape index (κ3) is 4.36. The van der Waals surface area contributed by atoms with Gasteiger partial charge in [-0.15, -0.1) is 0 Å². The van der Waals surface area contributed by atoms with E-state index >= 15 is 0 Å². The van der Waals surface area contributed by atoms with Crippen molar-refractivity contribution < 1.29 is 19.4 Å². The number of aliphatic hydroxyl groups excluding tert-OH is 1. The van der Waals surface area contributed by atoms with E-state index in [0.717, 1.165) is 55.8 Å². The molecule has 8 nitrogen and oxygen atoms in total. The van der Waals surface area contributed by atoms with Crippen molar-refractivity contribution in [3.05, 3.63) is 64.7 Å². The molecule has 2 unspecified atom stereocenters. The van der Waals surface area contributed by atoms with Crippen LogP contribution in [0.25, 0.3) is 0 Å². The summed E-state index contributed by atoms with van der Waals surface area (Å²) in [5.41, 5.74) is 5.61. The Labute approximate surface area is 205 Å². The van der Waals surface area contributed by atoms with Crippen molar-refractivity contribution in [2.45, 2.75) is 31.5 Å². The van der Waals surface area contributed by atoms with E-state index < -0.39 is 6.10 Å². The van der Waals surface area contributed by atoms with E-state index in [9.17, 15) is 14.7 Å². The predicted molar refractivity (Wildman–Crippen MR) is 132 cm³/mol. The van der Waals surface area contributed by atoms with Crippen LogP contribution in [0.3, 0.4) is 0 Å². The van der Waals surface area contributed by atoms with Gasteiger partial charge in [-0.3, -0.25) is 14.6 Å². The third-order valence-electron chi connectivity index (χ3n) is 7.85. The molecule has 0 spiro atoms. The summed E-state index contributed by atoms with van der Waals surface area (Å²) in [5.74, 6) is 0.000415. The zero-order valence-corrected chi connectivity index (χ0v) is 19.9. The Morgan fingerprint density at radius 2 is 1.77 bits per heavy atom. The van der Waals surface area contributed by atoms with Gasteiger partial charge in [-0.1, -0.05) is 24.3 Å². The van der Waals surface area contributed by atoms with Gasteiger partial charge < -0.3 is 19.6 Å². The zero-order valence-electron chi connectivity index (χ0n) is 19.9. The van der Waals surface area contributed by atoms with Crippen LogP contribution >= 0.6 is 0 Å². The minimum Gasteiger partial charge on any atom is -0.447 e. The Bertz CT molecular complexity index is 1140. The van der Waals surface area contributed by atoms with Crippen LogP contribution in [-0.4, -0.2) is 96.4 Å². The van der Waals surface area contributed by atoms with E-state index in [4.69, 9.17) is 4.74 Å². The average Bonchev–Trinajstić information content (AvgIpc) is 3.25. The zero-order chi connectivity index (χ0) is 23.9. The van der Waals surface area contributed by atoms with Crippen molar-refractivity contribution in [2.24, 2.45) is 0 Å². The summed E-state index contributed by atoms with van der Waals surface area (Å²) in [6, 6.07) is 14.6. The molecule has 0 saturated carbocycles. The predicted octanol–water partition coefficient (Wildman–Crippen LogP) is 1.74. The summed E-state index contributed by atoms with van der Waals surface area (Å²) in [6.07, 6.45) is 1.00. The van der Waals surface area contributed by atoms with Gasteiger partial charge in [0.1, 0.15) is 6.61 Å². The lowest BCUT2D eigenvalue weighted by molar-refractivity contribution is 0.0493. The van der Waals surface area contributed by atoms with Crippen LogP contribution in [0.15, 0.2) is 42.5 Å². The van der Waals surface area contributed by atoms with Gasteiger partial charge >= 0.3 is 6.09 Å². The first-order chi connectivity index (χ1) is 17.0. The van der Waals surface area contributed by atoms with Gasteiger partial charge in [0.2, 0.25) is 0 Å². The fourth-order valence-corrected chi connectivity index (χ4v) is 5.94. The molecule has 2 amide bonds. The van der Waals surface area contributed by atoms with Gasteiger partial charge in [-0.2, -0.15) is 0 Å². The second-order valence-electron chi connectivity index (χ2n) is 10.1. The van der Waals surface area contributed by atoms with E-state index in [2.05, 4.69) is 40.1 Å². The maximum atomic E-state index is 13.2. The largest absolute Gasteiger partial charge is 0.447 e. The lowest BCUT2D eigenvalue weighted by Gasteiger charge is -2.37. The molecule has 4 aliphatic rings. The van der Waals surface area contributed by atoms with E-state index in [1.54, 1.807) is 4.90 Å². The van der Waals surface area contributed by atoms with Crippen molar-refractivity contribution in [2.75, 3.05) is 57.3 Å². The molecule has 6 rings (SSSR count). The lowest BCUT2D eigenvalue weighted by Crippen LogP contribution is -2.52. The number of fused-ring (bicyclic) bond motifs is 3. The lowest BCUT2D eigenvalue weighted by atomic mass is 9.97. The van der Waals surface area contributed by atoms with Crippen molar-refractivity contribution in [1.29, 1.82) is 0 Å². The van der Waals surface area contributed by atoms with Gasteiger partial charge in [0.15, 0.2) is 0 Å². The Balaban J connectivity index is 1.07. The number of β-amino-alcohol motifs (C(OH)–C–C–N with tert-alkyl or cyclic N) is 1. The van der Waals surface area contributed by atoms with Gasteiger partial charge in [-0.05, 0) is 47.7 Å². The molecule has 0 bridgehead atoms. The van der Waals surface area contributed by atoms with Crippen molar-refractivity contribution >= 4 is 17.7 Å². The normalized spacial score (nSPS) is 23.0. The molecule has 2 saturated heterocycles. The number of hydrogen-bond acceptors (Lipinski definition) is 6. The summed E-state index contributed by atoms with van der Waals surface area (Å²) in [4.78, 5) is 33.1. The van der Waals surface area contributed by atoms with Gasteiger partial charge in [0.25, 0.3) is 5.91 Å². The monoisotopic (exact) mass is 476 g/mol. The Morgan fingerprint density at radius 1 is 0.943 bits per heavy atom. The summed E-state index contributed by atoms with van der Waals surface area (Å²) < 4.78 is 5.18. The number of anilines is 1. The first kappa shape index (κ1) is 22.4. The number of aliphatic hydroxyl groups is 1. The minimum absolute atomic E-state index is 0.000415. The SMILES string of the molecule is O=C1c2ccc(N3CCN4C(=O)OCC4C3)cc2CCN1CC(O)CN1CCc2ccccc2C1. The number of carbonyl (C=O) groups is 2. The topological polar surface area (TPSA) is 76.6 Å². The molecule has 2 aromatic carbocycles. The van der Waals surface area contributed by atoms with E-state index in [-0.39, 0.29) is 18.0 Å². The molecule has 8 heteroatoms. The minimum atomic E-state index is -0.572. The average molecular weight is 477 g/mol. The highest BCUT2D eigenvalue weighted by Gasteiger charge is 2.37. The molecule has 1 N–H and O–H groups in total. The molecule has 35 heavy (non-hydrogen) atoms. The molecule has 2 aromatic rings. The second kappa shape index (κ2) is 9.17. The number of nitrogens with zero attached hydrogens (tertiary/aromatic N) is 4. The Kier molecular flexibility index (Phi) is 5.86. The number of carbonyl (C=O) groups excluding carboxylic acids is 2. The number of cyclic esters (lactones) is 1. The number of benzene rings is 2. The summed E-state index contributed by atoms with van der Waals surface area (Å²) >= 11 is 0. The molecular weight excluding hydrogens is 444 g/mol. The third-order valence-corrected chi connectivity index (χ3v) is 7.85. The first-order valence-electron chi connectivity index (χ1n) is 12.6. The fourth-order valence-electron chi connectivity index (χ4n) is 5.94. The van der Waals surface area contributed by atoms with Crippen molar-refractivity contribution in [3.63, 3.8) is 0 Å². The molecule has 4 heterocycles. The number of piperazine rings is 1. The van der Waals surface area contributed by atoms with Crippen molar-refractivity contribution in [3.8, 4) is 0 Å². The highest BCUT2D eigenvalue weighted by atomic mass is 16.6. The van der Waals surface area contributed by atoms with Crippen LogP contribution in [-0.2, 0) is 24.1 Å². The molecular formula is C27H32N4O4. The first-order valence-corrected chi connectivity index (χ1v) is 12.6. The Morgan fingerprint density at radius 3 is 2.66 bits per heavy atom. The molecule has 184 valence electrons. The van der Waals surface area contributed by atoms with Gasteiger partial charge in [0, 0.05) is 63.6 Å². The van der Waals surface area contributed by atoms with Gasteiger partial charge in [-0.25, -0.2) is 4.79 Å². The van der Waals surface area contributed by atoms with Gasteiger partial charge in [0.05, 0.1) is 12.1 Å². The summed E-state index contributed by atoms with van der Waals surface area (Å²) in [5, 5.41) is 10.8. The maximum Gasteiger partial charge on any atom is 0.410 e. The standard InChI is InChI=1S/C27H32N4O4/c32-24(16-28-9-7-19-3-1-2-4-21(19)14-28)17-30-10-8-20-13-22(5-6-25(20)26(30)33)29-11-12-31-23(15-29)18-35-27(31)34/h1-6,13,23-24,32H,7-12,14-18H2. The highest BCUT2D eigenvalue weighted by molar-refractivity contribution is 5.97. The molecule has 2 atom stereocenters. The number of hydrogen-bond donors (Lipinski definition) is 1. The molecule has 0 aliphatic carbocycles. The summed E-state index contributed by atoms with van der Waals surface area (Å²) in [6.45, 7) is 5.95. The highest BCUT2D eigenvalue weighted by Crippen LogP contribution is 2.28. The van der Waals surface area contributed by atoms with E-state index in [1.165, 1.54) is 11.1 Å². The molecule has 2 fully saturated rings. The number of ether oxygens (including phenoxy) is 1. The Hall–Kier alpha value is -3.10. The van der Waals surface area contributed by atoms with Crippen LogP contribution in [0.1, 0.15) is 27.0 Å². The quantitative estimate of drug-likeness (QED) is 0.709.